The molecule has 210 valence electrons. The van der Waals surface area contributed by atoms with Crippen molar-refractivity contribution in [2.45, 2.75) is 36.6 Å². The predicted octanol–water partition coefficient (Wildman–Crippen LogP) is 3.17. The number of amides is 2. The van der Waals surface area contributed by atoms with Crippen LogP contribution in [0.2, 0.25) is 0 Å². The number of nitrogens with zero attached hydrogens (tertiary/aromatic N) is 6. The van der Waals surface area contributed by atoms with E-state index in [0.29, 0.717) is 30.5 Å². The Hall–Kier alpha value is -4.78. The van der Waals surface area contributed by atoms with Crippen molar-refractivity contribution in [2.24, 2.45) is 0 Å². The van der Waals surface area contributed by atoms with E-state index in [4.69, 9.17) is 0 Å². The van der Waals surface area contributed by atoms with Crippen LogP contribution in [0.5, 0.6) is 0 Å². The molecular weight excluding hydrogens is 546 g/mol. The van der Waals surface area contributed by atoms with Crippen molar-refractivity contribution >= 4 is 38.6 Å². The zero-order valence-corrected chi connectivity index (χ0v) is 22.7. The van der Waals surface area contributed by atoms with E-state index in [0.717, 1.165) is 28.0 Å². The van der Waals surface area contributed by atoms with E-state index < -0.39 is 28.1 Å². The van der Waals surface area contributed by atoms with Crippen molar-refractivity contribution in [1.29, 1.82) is 0 Å². The van der Waals surface area contributed by atoms with Crippen molar-refractivity contribution < 1.29 is 23.1 Å². The third kappa shape index (κ3) is 4.78. The van der Waals surface area contributed by atoms with Crippen LogP contribution in [-0.4, -0.2) is 73.3 Å². The molecule has 0 spiro atoms. The van der Waals surface area contributed by atoms with Gasteiger partial charge in [-0.1, -0.05) is 18.2 Å². The van der Waals surface area contributed by atoms with Crippen LogP contribution < -0.4 is 5.32 Å². The maximum atomic E-state index is 13.9. The highest BCUT2D eigenvalue weighted by molar-refractivity contribution is 7.90. The summed E-state index contributed by atoms with van der Waals surface area (Å²) in [7, 11) is -4.05. The summed E-state index contributed by atoms with van der Waals surface area (Å²) in [4.78, 5) is 30.3. The van der Waals surface area contributed by atoms with Gasteiger partial charge in [0.05, 0.1) is 16.6 Å². The smallest absolute Gasteiger partial charge is 0.407 e. The van der Waals surface area contributed by atoms with E-state index in [1.165, 1.54) is 20.7 Å². The number of pyridine rings is 1. The van der Waals surface area contributed by atoms with Gasteiger partial charge in [-0.3, -0.25) is 9.69 Å². The summed E-state index contributed by atoms with van der Waals surface area (Å²) >= 11 is 0. The van der Waals surface area contributed by atoms with Crippen molar-refractivity contribution in [3.05, 3.63) is 78.9 Å². The molecule has 1 saturated heterocycles. The Bertz CT molecular complexity index is 1870. The standard InChI is InChI=1S/C28H27N7O5S/c36-27(25-9-4-5-16-33(25)28(37)38)30-14-11-19-17-22-21(23-18-32-35-24(23)10-6-13-31-35)12-15-29-26(22)34(19)41(39,40)20-7-2-1-3-8-20/h1-3,6-8,10,12-13,15,17-18,25H,4-5,9,11,14,16H2,(H,30,36)(H,37,38)/t25-/m0/s1. The number of aromatic nitrogens is 5. The molecule has 4 aromatic heterocycles. The maximum Gasteiger partial charge on any atom is 0.407 e. The molecule has 2 N–H and O–H groups in total. The van der Waals surface area contributed by atoms with Crippen molar-refractivity contribution in [3.63, 3.8) is 0 Å². The number of likely N-dealkylation sites (tertiary alicyclic amines) is 1. The van der Waals surface area contributed by atoms with Gasteiger partial charge in [0.25, 0.3) is 10.0 Å². The lowest BCUT2D eigenvalue weighted by Crippen LogP contribution is -2.51. The van der Waals surface area contributed by atoms with Gasteiger partial charge in [-0.05, 0) is 61.2 Å². The van der Waals surface area contributed by atoms with Gasteiger partial charge in [-0.2, -0.15) is 14.8 Å². The Kier molecular flexibility index (Phi) is 6.87. The zero-order valence-electron chi connectivity index (χ0n) is 21.9. The normalized spacial score (nSPS) is 15.8. The van der Waals surface area contributed by atoms with E-state index in [1.807, 2.05) is 6.07 Å². The molecule has 12 nitrogen and oxygen atoms in total. The Morgan fingerprint density at radius 2 is 1.83 bits per heavy atom. The van der Waals surface area contributed by atoms with Crippen LogP contribution in [-0.2, 0) is 21.2 Å². The quantitative estimate of drug-likeness (QED) is 0.301. The second-order valence-electron chi connectivity index (χ2n) is 9.80. The highest BCUT2D eigenvalue weighted by Crippen LogP contribution is 2.34. The van der Waals surface area contributed by atoms with Gasteiger partial charge in [-0.15, -0.1) is 0 Å². The van der Waals surface area contributed by atoms with Crippen molar-refractivity contribution in [1.82, 2.24) is 34.0 Å². The first kappa shape index (κ1) is 26.4. The fraction of sp³-hybridized carbons (Fsp3) is 0.250. The SMILES string of the molecule is O=C(NCCc1cc2c(-c3cnn4ncccc34)ccnc2n1S(=O)(=O)c1ccccc1)[C@@H]1CCCCN1C(=O)O. The molecule has 5 heterocycles. The van der Waals surface area contributed by atoms with E-state index in [9.17, 15) is 23.1 Å². The summed E-state index contributed by atoms with van der Waals surface area (Å²) in [6.07, 6.45) is 5.84. The third-order valence-electron chi connectivity index (χ3n) is 7.34. The van der Waals surface area contributed by atoms with E-state index in [-0.39, 0.29) is 23.5 Å². The summed E-state index contributed by atoms with van der Waals surface area (Å²) in [5.41, 5.74) is 2.94. The largest absolute Gasteiger partial charge is 0.465 e. The van der Waals surface area contributed by atoms with Gasteiger partial charge in [0, 0.05) is 48.5 Å². The van der Waals surface area contributed by atoms with Crippen LogP contribution in [0.1, 0.15) is 25.0 Å². The van der Waals surface area contributed by atoms with Crippen LogP contribution in [0.4, 0.5) is 4.79 Å². The van der Waals surface area contributed by atoms with Crippen LogP contribution in [0.3, 0.4) is 0 Å². The van der Waals surface area contributed by atoms with E-state index in [2.05, 4.69) is 20.5 Å². The minimum atomic E-state index is -4.05. The number of carbonyl (C=O) groups excluding carboxylic acids is 1. The van der Waals surface area contributed by atoms with Gasteiger partial charge in [0.1, 0.15) is 6.04 Å². The number of carbonyl (C=O) groups is 2. The average molecular weight is 574 g/mol. The van der Waals surface area contributed by atoms with Crippen molar-refractivity contribution in [3.8, 4) is 11.1 Å². The van der Waals surface area contributed by atoms with Crippen LogP contribution in [0.25, 0.3) is 27.7 Å². The Morgan fingerprint density at radius 1 is 1.00 bits per heavy atom. The molecule has 0 aliphatic carbocycles. The number of rotatable bonds is 7. The molecule has 0 bridgehead atoms. The summed E-state index contributed by atoms with van der Waals surface area (Å²) in [6, 6.07) is 14.6. The Labute approximate surface area is 235 Å². The minimum absolute atomic E-state index is 0.106. The molecule has 0 radical (unpaired) electrons. The summed E-state index contributed by atoms with van der Waals surface area (Å²) in [6.45, 7) is 0.421. The maximum absolute atomic E-state index is 13.9. The first-order valence-corrected chi connectivity index (χ1v) is 14.7. The number of hydrogen-bond acceptors (Lipinski definition) is 7. The molecule has 1 aliphatic rings. The number of nitrogens with one attached hydrogen (secondary N) is 1. The zero-order chi connectivity index (χ0) is 28.6. The molecular formula is C28H27N7O5S. The van der Waals surface area contributed by atoms with Crippen LogP contribution >= 0.6 is 0 Å². The number of carboxylic acid groups (broad SMARTS) is 1. The van der Waals surface area contributed by atoms with Gasteiger partial charge < -0.3 is 10.4 Å². The Morgan fingerprint density at radius 3 is 2.63 bits per heavy atom. The monoisotopic (exact) mass is 573 g/mol. The average Bonchev–Trinajstić information content (AvgIpc) is 3.59. The first-order chi connectivity index (χ1) is 19.9. The lowest BCUT2D eigenvalue weighted by Gasteiger charge is -2.32. The predicted molar refractivity (Wildman–Crippen MR) is 150 cm³/mol. The number of benzene rings is 1. The fourth-order valence-electron chi connectivity index (χ4n) is 5.41. The lowest BCUT2D eigenvalue weighted by molar-refractivity contribution is -0.126. The first-order valence-electron chi connectivity index (χ1n) is 13.2. The molecule has 0 saturated carbocycles. The molecule has 1 aliphatic heterocycles. The third-order valence-corrected chi connectivity index (χ3v) is 9.10. The molecule has 1 aromatic carbocycles. The molecule has 1 atom stereocenters. The van der Waals surface area contributed by atoms with Gasteiger partial charge in [0.2, 0.25) is 5.91 Å². The molecule has 41 heavy (non-hydrogen) atoms. The second kappa shape index (κ2) is 10.7. The summed E-state index contributed by atoms with van der Waals surface area (Å²) in [5, 5.41) is 21.5. The number of fused-ring (bicyclic) bond motifs is 2. The van der Waals surface area contributed by atoms with Crippen LogP contribution in [0.15, 0.2) is 78.1 Å². The van der Waals surface area contributed by atoms with Gasteiger partial charge >= 0.3 is 6.09 Å². The minimum Gasteiger partial charge on any atom is -0.465 e. The highest BCUT2D eigenvalue weighted by atomic mass is 32.2. The topological polar surface area (TPSA) is 152 Å². The molecule has 0 unspecified atom stereocenters. The van der Waals surface area contributed by atoms with Crippen LogP contribution in [0, 0.1) is 0 Å². The number of piperidine rings is 1. The van der Waals surface area contributed by atoms with Gasteiger partial charge in [-0.25, -0.2) is 22.2 Å². The highest BCUT2D eigenvalue weighted by Gasteiger charge is 2.32. The second-order valence-corrected chi connectivity index (χ2v) is 11.6. The molecule has 2 amide bonds. The molecule has 5 aromatic rings. The molecule has 1 fully saturated rings. The molecule has 13 heteroatoms. The molecule has 6 rings (SSSR count). The lowest BCUT2D eigenvalue weighted by atomic mass is 10.0. The fourth-order valence-corrected chi connectivity index (χ4v) is 6.94. The van der Waals surface area contributed by atoms with Crippen molar-refractivity contribution in [2.75, 3.05) is 13.1 Å². The number of hydrogen-bond donors (Lipinski definition) is 2. The Balaban J connectivity index is 1.39. The van der Waals surface area contributed by atoms with E-state index >= 15 is 0 Å². The van der Waals surface area contributed by atoms with Gasteiger partial charge in [0.15, 0.2) is 5.65 Å². The summed E-state index contributed by atoms with van der Waals surface area (Å²) in [5.74, 6) is -0.390. The summed E-state index contributed by atoms with van der Waals surface area (Å²) < 4.78 is 30.6. The van der Waals surface area contributed by atoms with E-state index in [1.54, 1.807) is 55.0 Å².